The quantitative estimate of drug-likeness (QED) is 0.366. The van der Waals surface area contributed by atoms with E-state index >= 15 is 0 Å². The number of amides is 2. The first-order valence-electron chi connectivity index (χ1n) is 10.6. The van der Waals surface area contributed by atoms with Crippen LogP contribution in [-0.4, -0.2) is 28.1 Å². The Morgan fingerprint density at radius 3 is 2.06 bits per heavy atom. The van der Waals surface area contributed by atoms with Crippen molar-refractivity contribution in [2.75, 3.05) is 5.32 Å². The van der Waals surface area contributed by atoms with Gasteiger partial charge in [-0.3, -0.25) is 14.9 Å². The van der Waals surface area contributed by atoms with Crippen molar-refractivity contribution >= 4 is 28.3 Å². The van der Waals surface area contributed by atoms with Gasteiger partial charge in [-0.15, -0.1) is 10.2 Å². The summed E-state index contributed by atoms with van der Waals surface area (Å²) in [4.78, 5) is 25.7. The van der Waals surface area contributed by atoms with Crippen LogP contribution in [0.5, 0.6) is 0 Å². The normalized spacial score (nSPS) is 13.7. The Labute approximate surface area is 205 Å². The molecule has 3 rings (SSSR count). The highest BCUT2D eigenvalue weighted by atomic mass is 32.1. The molecule has 192 valence electrons. The van der Waals surface area contributed by atoms with Gasteiger partial charge in [0.05, 0.1) is 11.1 Å². The van der Waals surface area contributed by atoms with Gasteiger partial charge in [-0.1, -0.05) is 61.9 Å². The van der Waals surface area contributed by atoms with Crippen LogP contribution < -0.4 is 10.6 Å². The highest BCUT2D eigenvalue weighted by Gasteiger charge is 2.38. The standard InChI is InChI=1S/C23H20F6N4O2S/c1-3-12(2)17(19(35)31-21-33-32-20(36-21)13-7-5-4-6-8-13)30-18(34)14-9-15(22(24,25)26)11-16(10-14)23(27,28)29/h4-12,17H,3H2,1-2H3,(H,30,34)(H,31,33,35). The van der Waals surface area contributed by atoms with Gasteiger partial charge in [-0.05, 0) is 24.1 Å². The molecule has 0 spiro atoms. The van der Waals surface area contributed by atoms with Crippen molar-refractivity contribution in [3.05, 3.63) is 65.2 Å². The minimum Gasteiger partial charge on any atom is -0.340 e. The zero-order valence-corrected chi connectivity index (χ0v) is 19.7. The monoisotopic (exact) mass is 530 g/mol. The molecule has 2 N–H and O–H groups in total. The van der Waals surface area contributed by atoms with Crippen LogP contribution in [0.25, 0.3) is 10.6 Å². The maximum absolute atomic E-state index is 13.2. The van der Waals surface area contributed by atoms with Crippen molar-refractivity contribution in [1.29, 1.82) is 0 Å². The molecule has 0 saturated heterocycles. The highest BCUT2D eigenvalue weighted by molar-refractivity contribution is 7.18. The number of rotatable bonds is 7. The molecule has 13 heteroatoms. The Hall–Kier alpha value is -3.48. The lowest BCUT2D eigenvalue weighted by Crippen LogP contribution is -2.47. The molecule has 0 aliphatic rings. The summed E-state index contributed by atoms with van der Waals surface area (Å²) in [5.41, 5.74) is -3.38. The van der Waals surface area contributed by atoms with Gasteiger partial charge in [0.25, 0.3) is 5.91 Å². The van der Waals surface area contributed by atoms with Crippen LogP contribution >= 0.6 is 11.3 Å². The average Bonchev–Trinajstić information content (AvgIpc) is 3.29. The van der Waals surface area contributed by atoms with Crippen molar-refractivity contribution in [3.63, 3.8) is 0 Å². The average molecular weight is 530 g/mol. The van der Waals surface area contributed by atoms with E-state index in [1.165, 1.54) is 0 Å². The van der Waals surface area contributed by atoms with Gasteiger partial charge in [0, 0.05) is 11.1 Å². The largest absolute Gasteiger partial charge is 0.416 e. The fourth-order valence-electron chi connectivity index (χ4n) is 3.17. The molecule has 0 saturated carbocycles. The number of hydrogen-bond acceptors (Lipinski definition) is 5. The molecular weight excluding hydrogens is 510 g/mol. The number of carbonyl (C=O) groups is 2. The summed E-state index contributed by atoms with van der Waals surface area (Å²) in [5.74, 6) is -2.51. The maximum Gasteiger partial charge on any atom is 0.416 e. The molecule has 0 radical (unpaired) electrons. The lowest BCUT2D eigenvalue weighted by atomic mass is 9.97. The highest BCUT2D eigenvalue weighted by Crippen LogP contribution is 2.36. The molecule has 1 aromatic heterocycles. The van der Waals surface area contributed by atoms with Gasteiger partial charge in [0.1, 0.15) is 11.0 Å². The lowest BCUT2D eigenvalue weighted by Gasteiger charge is -2.23. The summed E-state index contributed by atoms with van der Waals surface area (Å²) < 4.78 is 79.0. The molecular formula is C23H20F6N4O2S. The van der Waals surface area contributed by atoms with Crippen LogP contribution in [0.4, 0.5) is 31.5 Å². The van der Waals surface area contributed by atoms with Gasteiger partial charge in [-0.2, -0.15) is 26.3 Å². The number of hydrogen-bond donors (Lipinski definition) is 2. The Morgan fingerprint density at radius 1 is 0.944 bits per heavy atom. The molecule has 0 aliphatic heterocycles. The molecule has 2 amide bonds. The van der Waals surface area contributed by atoms with Crippen LogP contribution in [-0.2, 0) is 17.1 Å². The predicted octanol–water partition coefficient (Wildman–Crippen LogP) is 6.03. The second kappa shape index (κ2) is 10.6. The van der Waals surface area contributed by atoms with Crippen molar-refractivity contribution in [1.82, 2.24) is 15.5 Å². The van der Waals surface area contributed by atoms with E-state index in [9.17, 15) is 35.9 Å². The van der Waals surface area contributed by atoms with E-state index in [0.717, 1.165) is 16.9 Å². The zero-order valence-electron chi connectivity index (χ0n) is 18.9. The number of carbonyl (C=O) groups excluding carboxylic acids is 2. The van der Waals surface area contributed by atoms with Crippen LogP contribution in [0.3, 0.4) is 0 Å². The third-order valence-electron chi connectivity index (χ3n) is 5.31. The Balaban J connectivity index is 1.84. The summed E-state index contributed by atoms with van der Waals surface area (Å²) >= 11 is 1.06. The molecule has 0 bridgehead atoms. The molecule has 3 aromatic rings. The SMILES string of the molecule is CCC(C)C(NC(=O)c1cc(C(F)(F)F)cc(C(F)(F)F)c1)C(=O)Nc1nnc(-c2ccccc2)s1. The Morgan fingerprint density at radius 2 is 1.53 bits per heavy atom. The number of aromatic nitrogens is 2. The van der Waals surface area contributed by atoms with E-state index in [1.807, 2.05) is 6.07 Å². The minimum absolute atomic E-state index is 0.0740. The number of alkyl halides is 6. The third kappa shape index (κ3) is 6.59. The molecule has 36 heavy (non-hydrogen) atoms. The smallest absolute Gasteiger partial charge is 0.340 e. The number of benzene rings is 2. The molecule has 2 atom stereocenters. The van der Waals surface area contributed by atoms with E-state index in [2.05, 4.69) is 20.8 Å². The van der Waals surface area contributed by atoms with Crippen LogP contribution in [0.2, 0.25) is 0 Å². The van der Waals surface area contributed by atoms with Gasteiger partial charge < -0.3 is 5.32 Å². The topological polar surface area (TPSA) is 84.0 Å². The van der Waals surface area contributed by atoms with Crippen LogP contribution in [0, 0.1) is 5.92 Å². The fourth-order valence-corrected chi connectivity index (χ4v) is 3.92. The molecule has 0 fully saturated rings. The van der Waals surface area contributed by atoms with Crippen molar-refractivity contribution in [2.45, 2.75) is 38.7 Å². The Kier molecular flexibility index (Phi) is 8.02. The van der Waals surface area contributed by atoms with Crippen molar-refractivity contribution < 1.29 is 35.9 Å². The summed E-state index contributed by atoms with van der Waals surface area (Å²) in [5, 5.41) is 13.3. The van der Waals surface area contributed by atoms with Gasteiger partial charge in [-0.25, -0.2) is 0 Å². The zero-order chi connectivity index (χ0) is 26.7. The van der Waals surface area contributed by atoms with E-state index in [4.69, 9.17) is 0 Å². The van der Waals surface area contributed by atoms with E-state index < -0.39 is 52.8 Å². The summed E-state index contributed by atoms with van der Waals surface area (Å²) in [7, 11) is 0. The number of nitrogens with zero attached hydrogens (tertiary/aromatic N) is 2. The lowest BCUT2D eigenvalue weighted by molar-refractivity contribution is -0.143. The van der Waals surface area contributed by atoms with Gasteiger partial charge >= 0.3 is 12.4 Å². The molecule has 1 heterocycles. The second-order valence-corrected chi connectivity index (χ2v) is 8.88. The maximum atomic E-state index is 13.2. The van der Waals surface area contributed by atoms with E-state index in [1.54, 1.807) is 38.1 Å². The first-order chi connectivity index (χ1) is 16.8. The number of nitrogens with one attached hydrogen (secondary N) is 2. The van der Waals surface area contributed by atoms with Crippen molar-refractivity contribution in [3.8, 4) is 10.6 Å². The molecule has 2 aromatic carbocycles. The van der Waals surface area contributed by atoms with Crippen molar-refractivity contribution in [2.24, 2.45) is 5.92 Å². The first-order valence-corrected chi connectivity index (χ1v) is 11.4. The summed E-state index contributed by atoms with van der Waals surface area (Å²) in [6.07, 6.45) is -9.85. The number of halogens is 6. The number of anilines is 1. The first kappa shape index (κ1) is 27.1. The second-order valence-electron chi connectivity index (χ2n) is 7.90. The van der Waals surface area contributed by atoms with Crippen LogP contribution in [0.1, 0.15) is 41.8 Å². The molecule has 6 nitrogen and oxygen atoms in total. The molecule has 0 aliphatic carbocycles. The molecule has 2 unspecified atom stereocenters. The fraction of sp³-hybridized carbons (Fsp3) is 0.304. The summed E-state index contributed by atoms with van der Waals surface area (Å²) in [6, 6.07) is 8.26. The third-order valence-corrected chi connectivity index (χ3v) is 6.20. The van der Waals surface area contributed by atoms with Crippen LogP contribution in [0.15, 0.2) is 48.5 Å². The van der Waals surface area contributed by atoms with E-state index in [0.29, 0.717) is 23.6 Å². The minimum atomic E-state index is -5.11. The van der Waals surface area contributed by atoms with E-state index in [-0.39, 0.29) is 11.2 Å². The summed E-state index contributed by atoms with van der Waals surface area (Å²) in [6.45, 7) is 3.31. The predicted molar refractivity (Wildman–Crippen MR) is 121 cm³/mol. The van der Waals surface area contributed by atoms with Gasteiger partial charge in [0.2, 0.25) is 11.0 Å². The van der Waals surface area contributed by atoms with Gasteiger partial charge in [0.15, 0.2) is 0 Å². The Bertz CT molecular complexity index is 1200.